The molecule has 0 spiro atoms. The Morgan fingerprint density at radius 3 is 2.69 bits per heavy atom. The molecule has 134 valence electrons. The molecule has 0 aliphatic rings. The first-order valence-corrected chi connectivity index (χ1v) is 8.89. The maximum Gasteiger partial charge on any atom is 0.269 e. The normalized spacial score (nSPS) is 10.2. The van der Waals surface area contributed by atoms with Gasteiger partial charge >= 0.3 is 0 Å². The molecule has 1 aromatic heterocycles. The molecule has 0 fully saturated rings. The van der Waals surface area contributed by atoms with Gasteiger partial charge in [-0.15, -0.1) is 11.3 Å². The fourth-order valence-corrected chi connectivity index (χ4v) is 2.86. The number of thiazole rings is 1. The van der Waals surface area contributed by atoms with Crippen LogP contribution in [0.2, 0.25) is 0 Å². The zero-order valence-corrected chi connectivity index (χ0v) is 15.3. The number of ether oxygens (including phenoxy) is 2. The summed E-state index contributed by atoms with van der Waals surface area (Å²) in [6.45, 7) is 0.349. The predicted octanol–water partition coefficient (Wildman–Crippen LogP) is 3.51. The molecule has 1 heterocycles. The van der Waals surface area contributed by atoms with E-state index in [0.717, 1.165) is 11.4 Å². The highest BCUT2D eigenvalue weighted by molar-refractivity contribution is 7.07. The van der Waals surface area contributed by atoms with Crippen LogP contribution < -0.4 is 19.9 Å². The number of benzene rings is 2. The number of carbonyl (C=O) groups excluding carboxylic acids is 1. The van der Waals surface area contributed by atoms with Crippen LogP contribution in [0.1, 0.15) is 16.1 Å². The Morgan fingerprint density at radius 1 is 1.19 bits per heavy atom. The molecule has 0 aliphatic carbocycles. The standard InChI is InChI=1S/C19H19N3O3S/c1-22(16-6-4-3-5-7-16)21-19(23)14-8-9-17(18(10-14)24-2)25-11-15-12-26-13-20-15/h3-10,12-13H,11H2,1-2H3,(H,21,23). The monoisotopic (exact) mass is 369 g/mol. The third kappa shape index (κ3) is 4.31. The number of carbonyl (C=O) groups is 1. The third-order valence-corrected chi connectivity index (χ3v) is 4.33. The predicted molar refractivity (Wildman–Crippen MR) is 102 cm³/mol. The number of para-hydroxylation sites is 1. The number of hydrazine groups is 1. The second-order valence-electron chi connectivity index (χ2n) is 5.47. The lowest BCUT2D eigenvalue weighted by atomic mass is 10.2. The van der Waals surface area contributed by atoms with Crippen molar-refractivity contribution in [2.45, 2.75) is 6.61 Å². The van der Waals surface area contributed by atoms with Crippen molar-refractivity contribution < 1.29 is 14.3 Å². The Kier molecular flexibility index (Phi) is 5.70. The second kappa shape index (κ2) is 8.35. The molecule has 2 aromatic carbocycles. The van der Waals surface area contributed by atoms with Crippen molar-refractivity contribution in [3.63, 3.8) is 0 Å². The van der Waals surface area contributed by atoms with Gasteiger partial charge < -0.3 is 9.47 Å². The number of anilines is 1. The number of hydrogen-bond acceptors (Lipinski definition) is 6. The van der Waals surface area contributed by atoms with E-state index in [1.807, 2.05) is 35.7 Å². The van der Waals surface area contributed by atoms with E-state index >= 15 is 0 Å². The molecular weight excluding hydrogens is 350 g/mol. The van der Waals surface area contributed by atoms with Crippen LogP contribution >= 0.6 is 11.3 Å². The van der Waals surface area contributed by atoms with Crippen molar-refractivity contribution in [3.8, 4) is 11.5 Å². The van der Waals surface area contributed by atoms with Crippen LogP contribution in [0.25, 0.3) is 0 Å². The van der Waals surface area contributed by atoms with Crippen molar-refractivity contribution in [1.82, 2.24) is 10.4 Å². The molecule has 0 aliphatic heterocycles. The number of nitrogens with zero attached hydrogens (tertiary/aromatic N) is 2. The Morgan fingerprint density at radius 2 is 2.00 bits per heavy atom. The van der Waals surface area contributed by atoms with E-state index in [9.17, 15) is 4.79 Å². The average molecular weight is 369 g/mol. The van der Waals surface area contributed by atoms with Crippen molar-refractivity contribution >= 4 is 22.9 Å². The summed E-state index contributed by atoms with van der Waals surface area (Å²) in [5.41, 5.74) is 6.80. The average Bonchev–Trinajstić information content (AvgIpc) is 3.20. The van der Waals surface area contributed by atoms with Crippen LogP contribution in [0.15, 0.2) is 59.4 Å². The van der Waals surface area contributed by atoms with E-state index in [2.05, 4.69) is 10.4 Å². The molecule has 1 N–H and O–H groups in total. The molecule has 1 amide bonds. The summed E-state index contributed by atoms with van der Waals surface area (Å²) in [7, 11) is 3.33. The number of hydrogen-bond donors (Lipinski definition) is 1. The number of aromatic nitrogens is 1. The van der Waals surface area contributed by atoms with Crippen molar-refractivity contribution in [3.05, 3.63) is 70.7 Å². The van der Waals surface area contributed by atoms with E-state index in [-0.39, 0.29) is 5.91 Å². The fourth-order valence-electron chi connectivity index (χ4n) is 2.32. The SMILES string of the molecule is COc1cc(C(=O)NN(C)c2ccccc2)ccc1OCc1cscn1. The molecule has 6 nitrogen and oxygen atoms in total. The zero-order valence-electron chi connectivity index (χ0n) is 14.5. The molecule has 0 atom stereocenters. The van der Waals surface area contributed by atoms with E-state index in [1.54, 1.807) is 42.9 Å². The molecule has 0 bridgehead atoms. The van der Waals surface area contributed by atoms with Crippen molar-refractivity contribution in [2.75, 3.05) is 19.2 Å². The lowest BCUT2D eigenvalue weighted by Gasteiger charge is -2.20. The van der Waals surface area contributed by atoms with Gasteiger partial charge in [0.05, 0.1) is 24.0 Å². The van der Waals surface area contributed by atoms with Gasteiger partial charge in [0, 0.05) is 18.0 Å². The van der Waals surface area contributed by atoms with E-state index in [4.69, 9.17) is 9.47 Å². The highest BCUT2D eigenvalue weighted by Gasteiger charge is 2.13. The maximum absolute atomic E-state index is 12.5. The molecule has 0 saturated carbocycles. The van der Waals surface area contributed by atoms with Gasteiger partial charge in [-0.25, -0.2) is 4.98 Å². The number of methoxy groups -OCH3 is 1. The lowest BCUT2D eigenvalue weighted by molar-refractivity contribution is 0.0951. The quantitative estimate of drug-likeness (QED) is 0.646. The minimum absolute atomic E-state index is 0.235. The highest BCUT2D eigenvalue weighted by Crippen LogP contribution is 2.29. The summed E-state index contributed by atoms with van der Waals surface area (Å²) in [6, 6.07) is 14.7. The Labute approximate surface area is 156 Å². The van der Waals surface area contributed by atoms with Gasteiger partial charge in [0.1, 0.15) is 6.61 Å². The molecule has 0 saturated heterocycles. The molecule has 3 rings (SSSR count). The number of rotatable bonds is 7. The highest BCUT2D eigenvalue weighted by atomic mass is 32.1. The summed E-state index contributed by atoms with van der Waals surface area (Å²) >= 11 is 1.51. The van der Waals surface area contributed by atoms with Gasteiger partial charge in [-0.1, -0.05) is 18.2 Å². The topological polar surface area (TPSA) is 63.7 Å². The first-order chi connectivity index (χ1) is 12.7. The third-order valence-electron chi connectivity index (χ3n) is 3.70. The first-order valence-electron chi connectivity index (χ1n) is 7.95. The molecule has 0 radical (unpaired) electrons. The van der Waals surface area contributed by atoms with Crippen LogP contribution in [-0.4, -0.2) is 25.0 Å². The lowest BCUT2D eigenvalue weighted by Crippen LogP contribution is -2.39. The van der Waals surface area contributed by atoms with Gasteiger partial charge in [0.2, 0.25) is 0 Å². The van der Waals surface area contributed by atoms with Crippen LogP contribution in [0.4, 0.5) is 5.69 Å². The number of nitrogens with one attached hydrogen (secondary N) is 1. The van der Waals surface area contributed by atoms with E-state index in [1.165, 1.54) is 11.3 Å². The first kappa shape index (κ1) is 17.8. The largest absolute Gasteiger partial charge is 0.493 e. The minimum atomic E-state index is -0.235. The summed E-state index contributed by atoms with van der Waals surface area (Å²) in [5.74, 6) is 0.824. The van der Waals surface area contributed by atoms with Gasteiger partial charge in [0.15, 0.2) is 11.5 Å². The van der Waals surface area contributed by atoms with Crippen LogP contribution in [-0.2, 0) is 6.61 Å². The maximum atomic E-state index is 12.5. The van der Waals surface area contributed by atoms with Crippen LogP contribution in [0, 0.1) is 0 Å². The molecular formula is C19H19N3O3S. The second-order valence-corrected chi connectivity index (χ2v) is 6.19. The molecule has 7 heteroatoms. The molecule has 26 heavy (non-hydrogen) atoms. The summed E-state index contributed by atoms with van der Waals surface area (Å²) < 4.78 is 11.1. The van der Waals surface area contributed by atoms with Gasteiger partial charge in [-0.2, -0.15) is 0 Å². The summed E-state index contributed by atoms with van der Waals surface area (Å²) in [4.78, 5) is 16.7. The Balaban J connectivity index is 1.68. The van der Waals surface area contributed by atoms with Gasteiger partial charge in [-0.3, -0.25) is 15.2 Å². The summed E-state index contributed by atoms with van der Waals surface area (Å²) in [6.07, 6.45) is 0. The fraction of sp³-hybridized carbons (Fsp3) is 0.158. The van der Waals surface area contributed by atoms with Crippen LogP contribution in [0.3, 0.4) is 0 Å². The summed E-state index contributed by atoms with van der Waals surface area (Å²) in [5, 5.41) is 3.59. The minimum Gasteiger partial charge on any atom is -0.493 e. The van der Waals surface area contributed by atoms with E-state index in [0.29, 0.717) is 23.7 Å². The Bertz CT molecular complexity index is 854. The number of amides is 1. The van der Waals surface area contributed by atoms with Crippen molar-refractivity contribution in [2.24, 2.45) is 0 Å². The van der Waals surface area contributed by atoms with Crippen LogP contribution in [0.5, 0.6) is 11.5 Å². The smallest absolute Gasteiger partial charge is 0.269 e. The zero-order chi connectivity index (χ0) is 18.4. The van der Waals surface area contributed by atoms with Crippen molar-refractivity contribution in [1.29, 1.82) is 0 Å². The molecule has 3 aromatic rings. The van der Waals surface area contributed by atoms with E-state index < -0.39 is 0 Å². The van der Waals surface area contributed by atoms with Gasteiger partial charge in [0.25, 0.3) is 5.91 Å². The molecule has 0 unspecified atom stereocenters. The van der Waals surface area contributed by atoms with Gasteiger partial charge in [-0.05, 0) is 30.3 Å². The Hall–Kier alpha value is -3.06.